The molecule has 4 nitrogen and oxygen atoms in total. The number of pyridine rings is 1. The number of aromatic nitrogens is 2. The molecule has 2 aromatic heterocycles. The van der Waals surface area contributed by atoms with Crippen molar-refractivity contribution in [2.24, 2.45) is 0 Å². The van der Waals surface area contributed by atoms with Crippen LogP contribution in [0, 0.1) is 0 Å². The Labute approximate surface area is 132 Å². The number of hydrogen-bond acceptors (Lipinski definition) is 4. The first kappa shape index (κ1) is 13.3. The van der Waals surface area contributed by atoms with Crippen LogP contribution < -0.4 is 5.73 Å². The monoisotopic (exact) mass is 393 g/mol. The molecule has 1 aromatic carbocycles. The molecule has 0 aliphatic rings. The average Bonchev–Trinajstić information content (AvgIpc) is 2.80. The second-order valence-corrected chi connectivity index (χ2v) is 6.00. The van der Waals surface area contributed by atoms with Crippen molar-refractivity contribution in [2.75, 3.05) is 5.73 Å². The van der Waals surface area contributed by atoms with Gasteiger partial charge in [0.2, 0.25) is 5.88 Å². The van der Waals surface area contributed by atoms with Crippen molar-refractivity contribution in [3.05, 3.63) is 51.7 Å². The van der Waals surface area contributed by atoms with E-state index in [1.54, 1.807) is 12.4 Å². The molecule has 0 fully saturated rings. The van der Waals surface area contributed by atoms with Gasteiger partial charge < -0.3 is 10.3 Å². The van der Waals surface area contributed by atoms with Crippen LogP contribution in [-0.4, -0.2) is 10.1 Å². The second kappa shape index (κ2) is 5.38. The van der Waals surface area contributed by atoms with E-state index >= 15 is 0 Å². The van der Waals surface area contributed by atoms with Crippen molar-refractivity contribution in [1.82, 2.24) is 10.1 Å². The Morgan fingerprint density at radius 2 is 1.60 bits per heavy atom. The smallest absolute Gasteiger partial charge is 0.230 e. The van der Waals surface area contributed by atoms with Crippen molar-refractivity contribution < 1.29 is 4.52 Å². The van der Waals surface area contributed by atoms with Crippen LogP contribution in [0.25, 0.3) is 22.4 Å². The highest BCUT2D eigenvalue weighted by Gasteiger charge is 2.17. The van der Waals surface area contributed by atoms with Gasteiger partial charge in [0.25, 0.3) is 0 Å². The van der Waals surface area contributed by atoms with Crippen LogP contribution in [0.1, 0.15) is 0 Å². The van der Waals surface area contributed by atoms with Gasteiger partial charge in [0.05, 0.1) is 5.56 Å². The summed E-state index contributed by atoms with van der Waals surface area (Å²) in [6, 6.07) is 9.64. The van der Waals surface area contributed by atoms with Crippen LogP contribution in [0.5, 0.6) is 0 Å². The van der Waals surface area contributed by atoms with Gasteiger partial charge in [-0.1, -0.05) is 37.0 Å². The molecular formula is C14H9Br2N3O. The van der Waals surface area contributed by atoms with E-state index in [2.05, 4.69) is 42.0 Å². The quantitative estimate of drug-likeness (QED) is 0.694. The predicted molar refractivity (Wildman–Crippen MR) is 85.0 cm³/mol. The molecule has 0 amide bonds. The minimum absolute atomic E-state index is 0.294. The van der Waals surface area contributed by atoms with Crippen LogP contribution in [0.3, 0.4) is 0 Å². The Kier molecular flexibility index (Phi) is 3.58. The van der Waals surface area contributed by atoms with Gasteiger partial charge in [0.15, 0.2) is 0 Å². The SMILES string of the molecule is Nc1onc(-c2cc(Br)cc(Br)c2)c1-c1ccncc1. The summed E-state index contributed by atoms with van der Waals surface area (Å²) in [5.74, 6) is 0.294. The maximum Gasteiger partial charge on any atom is 0.230 e. The number of nitrogens with two attached hydrogens (primary N) is 1. The van der Waals surface area contributed by atoms with Crippen molar-refractivity contribution in [2.45, 2.75) is 0 Å². The minimum atomic E-state index is 0.294. The summed E-state index contributed by atoms with van der Waals surface area (Å²) in [5.41, 5.74) is 9.23. The number of benzene rings is 1. The Bertz CT molecular complexity index is 736. The summed E-state index contributed by atoms with van der Waals surface area (Å²) < 4.78 is 7.06. The lowest BCUT2D eigenvalue weighted by molar-refractivity contribution is 0.439. The number of nitrogens with zero attached hydrogens (tertiary/aromatic N) is 2. The van der Waals surface area contributed by atoms with Crippen LogP contribution in [0.4, 0.5) is 5.88 Å². The molecule has 0 saturated heterocycles. The fourth-order valence-corrected chi connectivity index (χ4v) is 3.28. The standard InChI is InChI=1S/C14H9Br2N3O/c15-10-5-9(6-11(16)7-10)13-12(14(17)20-19-13)8-1-3-18-4-2-8/h1-7H,17H2. The lowest BCUT2D eigenvalue weighted by atomic mass is 10.0. The number of rotatable bonds is 2. The van der Waals surface area contributed by atoms with Gasteiger partial charge in [-0.25, -0.2) is 0 Å². The molecule has 0 bridgehead atoms. The molecule has 0 atom stereocenters. The summed E-state index contributed by atoms with van der Waals surface area (Å²) in [6.45, 7) is 0. The fraction of sp³-hybridized carbons (Fsp3) is 0. The highest BCUT2D eigenvalue weighted by atomic mass is 79.9. The lowest BCUT2D eigenvalue weighted by Crippen LogP contribution is -1.88. The molecule has 3 aromatic rings. The van der Waals surface area contributed by atoms with Gasteiger partial charge in [-0.3, -0.25) is 4.98 Å². The van der Waals surface area contributed by atoms with E-state index in [9.17, 15) is 0 Å². The predicted octanol–water partition coefficient (Wildman–Crippen LogP) is 4.51. The summed E-state index contributed by atoms with van der Waals surface area (Å²) in [7, 11) is 0. The van der Waals surface area contributed by atoms with Gasteiger partial charge in [-0.15, -0.1) is 0 Å². The zero-order chi connectivity index (χ0) is 14.1. The molecule has 0 saturated carbocycles. The van der Waals surface area contributed by atoms with Crippen molar-refractivity contribution in [1.29, 1.82) is 0 Å². The average molecular weight is 395 g/mol. The van der Waals surface area contributed by atoms with E-state index in [0.717, 1.165) is 25.6 Å². The molecule has 0 aliphatic carbocycles. The van der Waals surface area contributed by atoms with Crippen molar-refractivity contribution >= 4 is 37.7 Å². The number of anilines is 1. The van der Waals surface area contributed by atoms with E-state index in [1.165, 1.54) is 0 Å². The third-order valence-corrected chi connectivity index (χ3v) is 3.74. The number of hydrogen-bond donors (Lipinski definition) is 1. The molecule has 6 heteroatoms. The summed E-state index contributed by atoms with van der Waals surface area (Å²) in [4.78, 5) is 4.01. The molecule has 20 heavy (non-hydrogen) atoms. The number of halogens is 2. The fourth-order valence-electron chi connectivity index (χ4n) is 1.99. The molecule has 2 heterocycles. The zero-order valence-electron chi connectivity index (χ0n) is 10.2. The Morgan fingerprint density at radius 3 is 2.25 bits per heavy atom. The Hall–Kier alpha value is -1.66. The minimum Gasteiger partial charge on any atom is -0.367 e. The molecule has 3 rings (SSSR count). The largest absolute Gasteiger partial charge is 0.367 e. The summed E-state index contributed by atoms with van der Waals surface area (Å²) in [5, 5.41) is 4.08. The van der Waals surface area contributed by atoms with Crippen molar-refractivity contribution in [3.8, 4) is 22.4 Å². The first-order valence-corrected chi connectivity index (χ1v) is 7.36. The summed E-state index contributed by atoms with van der Waals surface area (Å²) in [6.07, 6.45) is 3.42. The van der Waals surface area contributed by atoms with Crippen LogP contribution >= 0.6 is 31.9 Å². The van der Waals surface area contributed by atoms with Crippen molar-refractivity contribution in [3.63, 3.8) is 0 Å². The van der Waals surface area contributed by atoms with Gasteiger partial charge >= 0.3 is 0 Å². The molecule has 0 unspecified atom stereocenters. The Morgan fingerprint density at radius 1 is 0.950 bits per heavy atom. The van der Waals surface area contributed by atoms with E-state index in [0.29, 0.717) is 11.6 Å². The molecule has 0 aliphatic heterocycles. The maximum atomic E-state index is 5.91. The maximum absolute atomic E-state index is 5.91. The van der Waals surface area contributed by atoms with Crippen LogP contribution in [-0.2, 0) is 0 Å². The van der Waals surface area contributed by atoms with E-state index < -0.39 is 0 Å². The van der Waals surface area contributed by atoms with E-state index in [4.69, 9.17) is 10.3 Å². The first-order valence-electron chi connectivity index (χ1n) is 5.77. The molecule has 100 valence electrons. The van der Waals surface area contributed by atoms with Crippen LogP contribution in [0.15, 0.2) is 56.2 Å². The number of nitrogen functional groups attached to an aromatic ring is 1. The molecule has 0 radical (unpaired) electrons. The Balaban J connectivity index is 2.21. The highest BCUT2D eigenvalue weighted by molar-refractivity contribution is 9.11. The molecule has 2 N–H and O–H groups in total. The van der Waals surface area contributed by atoms with Gasteiger partial charge in [0.1, 0.15) is 5.69 Å². The zero-order valence-corrected chi connectivity index (χ0v) is 13.3. The van der Waals surface area contributed by atoms with Crippen LogP contribution in [0.2, 0.25) is 0 Å². The third kappa shape index (κ3) is 2.48. The topological polar surface area (TPSA) is 64.9 Å². The van der Waals surface area contributed by atoms with Gasteiger partial charge in [-0.05, 0) is 35.9 Å². The summed E-state index contributed by atoms with van der Waals surface area (Å²) >= 11 is 6.94. The van der Waals surface area contributed by atoms with E-state index in [1.807, 2.05) is 30.3 Å². The highest BCUT2D eigenvalue weighted by Crippen LogP contribution is 2.37. The van der Waals surface area contributed by atoms with Gasteiger partial charge in [-0.2, -0.15) is 0 Å². The lowest BCUT2D eigenvalue weighted by Gasteiger charge is -2.04. The molecule has 0 spiro atoms. The third-order valence-electron chi connectivity index (χ3n) is 2.82. The normalized spacial score (nSPS) is 10.7. The first-order chi connectivity index (χ1) is 9.65. The molecular weight excluding hydrogens is 386 g/mol. The van der Waals surface area contributed by atoms with Gasteiger partial charge in [0, 0.05) is 26.9 Å². The second-order valence-electron chi connectivity index (χ2n) is 4.16. The van der Waals surface area contributed by atoms with E-state index in [-0.39, 0.29) is 0 Å².